The summed E-state index contributed by atoms with van der Waals surface area (Å²) in [6, 6.07) is 22.0. The highest BCUT2D eigenvalue weighted by Gasteiger charge is 2.23. The Morgan fingerprint density at radius 3 is 2.19 bits per heavy atom. The maximum atomic E-state index is 13.2. The van der Waals surface area contributed by atoms with Crippen molar-refractivity contribution in [3.8, 4) is 11.3 Å². The van der Waals surface area contributed by atoms with Gasteiger partial charge in [-0.15, -0.1) is 0 Å². The van der Waals surface area contributed by atoms with Crippen molar-refractivity contribution in [2.24, 2.45) is 0 Å². The molecule has 0 bridgehead atoms. The first-order valence-electron chi connectivity index (χ1n) is 10.3. The molecule has 1 aromatic heterocycles. The molecular weight excluding hydrogens is 422 g/mol. The molecule has 0 aliphatic carbocycles. The summed E-state index contributed by atoms with van der Waals surface area (Å²) in [5.41, 5.74) is 4.96. The quantitative estimate of drug-likeness (QED) is 0.257. The number of ketones is 1. The second kappa shape index (κ2) is 8.93. The summed E-state index contributed by atoms with van der Waals surface area (Å²) in [5, 5.41) is 1.02. The highest BCUT2D eigenvalue weighted by molar-refractivity contribution is 6.35. The minimum Gasteiger partial charge on any atom is -0.451 e. The first kappa shape index (κ1) is 21.7. The number of esters is 1. The topological polar surface area (TPSA) is 56.3 Å². The van der Waals surface area contributed by atoms with Crippen LogP contribution in [-0.2, 0) is 4.74 Å². The third kappa shape index (κ3) is 4.41. The second-order valence-electron chi connectivity index (χ2n) is 7.83. The third-order valence-corrected chi connectivity index (χ3v) is 5.65. The maximum absolute atomic E-state index is 13.2. The average molecular weight is 444 g/mol. The number of pyridine rings is 1. The summed E-state index contributed by atoms with van der Waals surface area (Å²) in [5.74, 6) is -0.852. The minimum absolute atomic E-state index is 0.256. The van der Waals surface area contributed by atoms with Crippen molar-refractivity contribution in [3.05, 3.63) is 100 Å². The summed E-state index contributed by atoms with van der Waals surface area (Å²) in [6.45, 7) is 5.53. The molecule has 0 unspecified atom stereocenters. The van der Waals surface area contributed by atoms with Gasteiger partial charge in [0.15, 0.2) is 6.10 Å². The Labute approximate surface area is 191 Å². The molecule has 0 amide bonds. The van der Waals surface area contributed by atoms with Gasteiger partial charge < -0.3 is 4.74 Å². The van der Waals surface area contributed by atoms with Gasteiger partial charge in [0.2, 0.25) is 5.78 Å². The molecule has 0 saturated carbocycles. The number of hydrogen-bond acceptors (Lipinski definition) is 4. The molecular formula is C27H22ClNO3. The Morgan fingerprint density at radius 1 is 0.906 bits per heavy atom. The van der Waals surface area contributed by atoms with Gasteiger partial charge in [-0.05, 0) is 32.9 Å². The van der Waals surface area contributed by atoms with E-state index in [4.69, 9.17) is 16.3 Å². The van der Waals surface area contributed by atoms with Crippen LogP contribution in [0.4, 0.5) is 0 Å². The Balaban J connectivity index is 1.71. The van der Waals surface area contributed by atoms with Crippen LogP contribution in [0.15, 0.2) is 72.8 Å². The van der Waals surface area contributed by atoms with Crippen molar-refractivity contribution in [2.45, 2.75) is 26.9 Å². The van der Waals surface area contributed by atoms with Gasteiger partial charge in [0.25, 0.3) is 0 Å². The maximum Gasteiger partial charge on any atom is 0.339 e. The standard InChI is InChI=1S/C27H22ClNO3/c1-16-7-11-19(12-8-16)24-15-22(21-5-4-6-23(28)25(21)29-24)27(31)32-18(3)26(30)20-13-9-17(2)10-14-20/h4-15,18H,1-3H3/t18-/m1/s1. The van der Waals surface area contributed by atoms with E-state index in [0.29, 0.717) is 32.7 Å². The van der Waals surface area contributed by atoms with Gasteiger partial charge in [0.05, 0.1) is 21.8 Å². The number of carbonyl (C=O) groups is 2. The van der Waals surface area contributed by atoms with E-state index in [1.165, 1.54) is 0 Å². The molecule has 32 heavy (non-hydrogen) atoms. The highest BCUT2D eigenvalue weighted by Crippen LogP contribution is 2.30. The van der Waals surface area contributed by atoms with Crippen LogP contribution in [0.25, 0.3) is 22.2 Å². The molecule has 0 aliphatic heterocycles. The number of aromatic nitrogens is 1. The number of carbonyl (C=O) groups excluding carboxylic acids is 2. The summed E-state index contributed by atoms with van der Waals surface area (Å²) >= 11 is 6.40. The molecule has 4 rings (SSSR count). The number of halogens is 1. The van der Waals surface area contributed by atoms with E-state index in [1.807, 2.05) is 50.2 Å². The van der Waals surface area contributed by atoms with E-state index in [-0.39, 0.29) is 5.78 Å². The number of nitrogens with zero attached hydrogens (tertiary/aromatic N) is 1. The number of benzene rings is 3. The van der Waals surface area contributed by atoms with Crippen molar-refractivity contribution in [3.63, 3.8) is 0 Å². The van der Waals surface area contributed by atoms with Crippen LogP contribution in [0.5, 0.6) is 0 Å². The first-order chi connectivity index (χ1) is 15.3. The lowest BCUT2D eigenvalue weighted by molar-refractivity contribution is 0.0320. The van der Waals surface area contributed by atoms with E-state index < -0.39 is 12.1 Å². The molecule has 0 saturated heterocycles. The summed E-state index contributed by atoms with van der Waals surface area (Å²) < 4.78 is 5.58. The fourth-order valence-electron chi connectivity index (χ4n) is 3.48. The molecule has 1 heterocycles. The summed E-state index contributed by atoms with van der Waals surface area (Å²) in [4.78, 5) is 30.6. The van der Waals surface area contributed by atoms with Crippen LogP contribution in [0.2, 0.25) is 5.02 Å². The zero-order valence-electron chi connectivity index (χ0n) is 18.1. The zero-order chi connectivity index (χ0) is 22.8. The lowest BCUT2D eigenvalue weighted by atomic mass is 10.0. The Kier molecular flexibility index (Phi) is 6.06. The number of para-hydroxylation sites is 1. The lowest BCUT2D eigenvalue weighted by Gasteiger charge is -2.15. The molecule has 0 N–H and O–H groups in total. The number of aryl methyl sites for hydroxylation is 2. The number of hydrogen-bond donors (Lipinski definition) is 0. The Morgan fingerprint density at radius 2 is 1.53 bits per heavy atom. The fraction of sp³-hybridized carbons (Fsp3) is 0.148. The molecule has 0 aliphatic rings. The molecule has 0 radical (unpaired) electrons. The number of fused-ring (bicyclic) bond motifs is 1. The van der Waals surface area contributed by atoms with Crippen molar-refractivity contribution < 1.29 is 14.3 Å². The largest absolute Gasteiger partial charge is 0.451 e. The van der Waals surface area contributed by atoms with E-state index in [2.05, 4.69) is 4.98 Å². The van der Waals surface area contributed by atoms with Gasteiger partial charge in [0.1, 0.15) is 0 Å². The summed E-state index contributed by atoms with van der Waals surface area (Å²) in [6.07, 6.45) is -0.935. The van der Waals surface area contributed by atoms with Gasteiger partial charge >= 0.3 is 5.97 Å². The number of rotatable bonds is 5. The normalized spacial score (nSPS) is 11.9. The molecule has 0 spiro atoms. The van der Waals surface area contributed by atoms with Crippen molar-refractivity contribution in [2.75, 3.05) is 0 Å². The van der Waals surface area contributed by atoms with Crippen molar-refractivity contribution >= 4 is 34.3 Å². The van der Waals surface area contributed by atoms with Crippen LogP contribution in [-0.4, -0.2) is 22.8 Å². The Hall–Kier alpha value is -3.50. The number of ether oxygens (including phenoxy) is 1. The van der Waals surface area contributed by atoms with Gasteiger partial charge in [-0.2, -0.15) is 0 Å². The molecule has 1 atom stereocenters. The molecule has 0 fully saturated rings. The van der Waals surface area contributed by atoms with Crippen molar-refractivity contribution in [1.82, 2.24) is 4.98 Å². The van der Waals surface area contributed by atoms with Crippen LogP contribution < -0.4 is 0 Å². The van der Waals surface area contributed by atoms with Crippen molar-refractivity contribution in [1.29, 1.82) is 0 Å². The van der Waals surface area contributed by atoms with E-state index in [1.54, 1.807) is 43.3 Å². The van der Waals surface area contributed by atoms with Gasteiger partial charge in [-0.25, -0.2) is 9.78 Å². The van der Waals surface area contributed by atoms with E-state index >= 15 is 0 Å². The van der Waals surface area contributed by atoms with Gasteiger partial charge in [-0.3, -0.25) is 4.79 Å². The predicted octanol–water partition coefficient (Wildman–Crippen LogP) is 6.60. The molecule has 4 aromatic rings. The minimum atomic E-state index is -0.935. The smallest absolute Gasteiger partial charge is 0.339 e. The molecule has 3 aromatic carbocycles. The SMILES string of the molecule is Cc1ccc(C(=O)[C@@H](C)OC(=O)c2cc(-c3ccc(C)cc3)nc3c(Cl)cccc23)cc1. The Bertz CT molecular complexity index is 1310. The third-order valence-electron chi connectivity index (χ3n) is 5.35. The van der Waals surface area contributed by atoms with Crippen LogP contribution in [0, 0.1) is 13.8 Å². The predicted molar refractivity (Wildman–Crippen MR) is 127 cm³/mol. The zero-order valence-corrected chi connectivity index (χ0v) is 18.8. The summed E-state index contributed by atoms with van der Waals surface area (Å²) in [7, 11) is 0. The average Bonchev–Trinajstić information content (AvgIpc) is 2.79. The molecule has 5 heteroatoms. The van der Waals surface area contributed by atoms with Crippen LogP contribution in [0.3, 0.4) is 0 Å². The molecule has 4 nitrogen and oxygen atoms in total. The monoisotopic (exact) mass is 443 g/mol. The van der Waals surface area contributed by atoms with Gasteiger partial charge in [-0.1, -0.05) is 83.4 Å². The van der Waals surface area contributed by atoms with Crippen LogP contribution >= 0.6 is 11.6 Å². The lowest BCUT2D eigenvalue weighted by Crippen LogP contribution is -2.24. The number of Topliss-reactive ketones (excluding diaryl/α,β-unsaturated/α-hetero) is 1. The second-order valence-corrected chi connectivity index (χ2v) is 8.24. The first-order valence-corrected chi connectivity index (χ1v) is 10.7. The van der Waals surface area contributed by atoms with E-state index in [9.17, 15) is 9.59 Å². The van der Waals surface area contributed by atoms with Gasteiger partial charge in [0, 0.05) is 16.5 Å². The van der Waals surface area contributed by atoms with Crippen LogP contribution in [0.1, 0.15) is 38.8 Å². The molecule has 160 valence electrons. The highest BCUT2D eigenvalue weighted by atomic mass is 35.5. The van der Waals surface area contributed by atoms with E-state index in [0.717, 1.165) is 16.7 Å². The fourth-order valence-corrected chi connectivity index (χ4v) is 3.70.